The molecule has 0 aliphatic heterocycles. The predicted octanol–water partition coefficient (Wildman–Crippen LogP) is 7.43. The van der Waals surface area contributed by atoms with E-state index in [-0.39, 0.29) is 22.0 Å². The summed E-state index contributed by atoms with van der Waals surface area (Å²) in [6, 6.07) is 18.4. The standard InChI is InChI=1S/C32H34Cl2N2O6Si/c1-40-29-13-12-20(14-30(29)41-2)25(16-26-27(33)18-36(39)19-28(26)34)31-21(8-6-11-24(31)32(37)38)17-35-22-9-7-10-23(15-22)42-43(3,4)5/h6-15,18-19,25,35H,16-17H2,1-5H3,(H-,37,38,39)/p+1/t25-/m0/s1. The molecule has 226 valence electrons. The molecule has 0 unspecified atom stereocenters. The van der Waals surface area contributed by atoms with E-state index in [4.69, 9.17) is 37.1 Å². The molecule has 0 saturated carbocycles. The topological polar surface area (TPSA) is 101 Å². The van der Waals surface area contributed by atoms with Gasteiger partial charge >= 0.3 is 5.97 Å². The first-order chi connectivity index (χ1) is 20.4. The number of hydrogen-bond donors (Lipinski definition) is 3. The Morgan fingerprint density at radius 3 is 2.26 bits per heavy atom. The van der Waals surface area contributed by atoms with Gasteiger partial charge in [0.15, 0.2) is 11.5 Å². The highest BCUT2D eigenvalue weighted by Gasteiger charge is 2.28. The van der Waals surface area contributed by atoms with E-state index >= 15 is 0 Å². The van der Waals surface area contributed by atoms with Crippen LogP contribution in [-0.2, 0) is 13.0 Å². The van der Waals surface area contributed by atoms with E-state index in [1.54, 1.807) is 32.4 Å². The first kappa shape index (κ1) is 32.0. The number of ether oxygens (including phenoxy) is 2. The average Bonchev–Trinajstić information content (AvgIpc) is 2.94. The Hall–Kier alpha value is -3.92. The van der Waals surface area contributed by atoms with Crippen molar-refractivity contribution in [3.8, 4) is 17.2 Å². The van der Waals surface area contributed by atoms with Gasteiger partial charge in [-0.3, -0.25) is 5.21 Å². The maximum Gasteiger partial charge on any atom is 0.335 e. The highest BCUT2D eigenvalue weighted by molar-refractivity contribution is 6.70. The van der Waals surface area contributed by atoms with Gasteiger partial charge in [0, 0.05) is 34.5 Å². The van der Waals surface area contributed by atoms with Crippen LogP contribution in [0, 0.1) is 0 Å². The van der Waals surface area contributed by atoms with E-state index in [1.165, 1.54) is 12.4 Å². The average molecular weight is 643 g/mol. The Bertz CT molecular complexity index is 1600. The van der Waals surface area contributed by atoms with E-state index < -0.39 is 20.2 Å². The fourth-order valence-corrected chi connectivity index (χ4v) is 6.42. The normalized spacial score (nSPS) is 12.0. The quantitative estimate of drug-likeness (QED) is 0.0840. The van der Waals surface area contributed by atoms with Gasteiger partial charge in [-0.05, 0) is 73.1 Å². The molecule has 0 bridgehead atoms. The SMILES string of the molecule is COc1ccc([C@H](Cc2c(Cl)c[n+](O)cc2Cl)c2c(CNc3cccc(O[Si](C)(C)C)c3)cccc2C(=O)O)cc1OC. The van der Waals surface area contributed by atoms with Crippen molar-refractivity contribution in [3.63, 3.8) is 0 Å². The number of rotatable bonds is 12. The molecule has 0 aliphatic rings. The summed E-state index contributed by atoms with van der Waals surface area (Å²) in [5, 5.41) is 24.2. The fourth-order valence-electron chi connectivity index (χ4n) is 4.98. The molecule has 4 rings (SSSR count). The van der Waals surface area contributed by atoms with Crippen LogP contribution in [0.4, 0.5) is 5.69 Å². The molecule has 0 fully saturated rings. The van der Waals surface area contributed by atoms with E-state index in [9.17, 15) is 15.1 Å². The lowest BCUT2D eigenvalue weighted by atomic mass is 9.81. The minimum atomic E-state index is -1.81. The monoisotopic (exact) mass is 641 g/mol. The zero-order valence-corrected chi connectivity index (χ0v) is 27.2. The third-order valence-corrected chi connectivity index (χ3v) is 8.30. The minimum absolute atomic E-state index is 0.148. The number of anilines is 1. The second kappa shape index (κ2) is 13.6. The van der Waals surface area contributed by atoms with Crippen molar-refractivity contribution < 1.29 is 33.7 Å². The summed E-state index contributed by atoms with van der Waals surface area (Å²) in [6.07, 6.45) is 2.93. The number of carbonyl (C=O) groups is 1. The van der Waals surface area contributed by atoms with Crippen LogP contribution in [0.25, 0.3) is 0 Å². The van der Waals surface area contributed by atoms with Crippen LogP contribution in [0.2, 0.25) is 29.7 Å². The lowest BCUT2D eigenvalue weighted by Crippen LogP contribution is -2.29. The molecule has 3 N–H and O–H groups in total. The Morgan fingerprint density at radius 1 is 0.953 bits per heavy atom. The molecule has 0 aliphatic carbocycles. The van der Waals surface area contributed by atoms with Crippen molar-refractivity contribution in [1.82, 2.24) is 0 Å². The fraction of sp³-hybridized carbons (Fsp3) is 0.250. The van der Waals surface area contributed by atoms with Crippen molar-refractivity contribution in [1.29, 1.82) is 0 Å². The molecule has 1 heterocycles. The molecule has 8 nitrogen and oxygen atoms in total. The van der Waals surface area contributed by atoms with Crippen LogP contribution in [0.3, 0.4) is 0 Å². The van der Waals surface area contributed by atoms with E-state index in [0.717, 1.165) is 27.3 Å². The van der Waals surface area contributed by atoms with Gasteiger partial charge in [0.25, 0.3) is 0 Å². The van der Waals surface area contributed by atoms with E-state index in [0.29, 0.717) is 29.2 Å². The highest BCUT2D eigenvalue weighted by Crippen LogP contribution is 2.40. The number of benzene rings is 3. The molecule has 1 aromatic heterocycles. The molecule has 1 atom stereocenters. The second-order valence-electron chi connectivity index (χ2n) is 11.0. The van der Waals surface area contributed by atoms with Gasteiger partial charge in [-0.2, -0.15) is 0 Å². The van der Waals surface area contributed by atoms with Gasteiger partial charge in [0.2, 0.25) is 20.7 Å². The zero-order valence-electron chi connectivity index (χ0n) is 24.7. The Morgan fingerprint density at radius 2 is 1.63 bits per heavy atom. The number of aromatic carboxylic acids is 1. The van der Waals surface area contributed by atoms with Crippen molar-refractivity contribution in [3.05, 3.63) is 111 Å². The summed E-state index contributed by atoms with van der Waals surface area (Å²) in [6.45, 7) is 6.70. The summed E-state index contributed by atoms with van der Waals surface area (Å²) in [5.41, 5.74) is 3.69. The van der Waals surface area contributed by atoms with Crippen molar-refractivity contribution in [2.45, 2.75) is 38.5 Å². The van der Waals surface area contributed by atoms with Crippen LogP contribution >= 0.6 is 23.2 Å². The predicted molar refractivity (Wildman–Crippen MR) is 170 cm³/mol. The van der Waals surface area contributed by atoms with Crippen molar-refractivity contribution >= 4 is 43.2 Å². The summed E-state index contributed by atoms with van der Waals surface area (Å²) in [5.74, 6) is 0.230. The van der Waals surface area contributed by atoms with Crippen molar-refractivity contribution in [2.75, 3.05) is 19.5 Å². The number of pyridine rings is 1. The van der Waals surface area contributed by atoms with Gasteiger partial charge < -0.3 is 24.3 Å². The summed E-state index contributed by atoms with van der Waals surface area (Å²) >= 11 is 13.1. The number of halogens is 2. The number of aromatic nitrogens is 1. The molecule has 11 heteroatoms. The highest BCUT2D eigenvalue weighted by atomic mass is 35.5. The van der Waals surface area contributed by atoms with E-state index in [1.807, 2.05) is 42.5 Å². The number of carboxylic acid groups (broad SMARTS) is 1. The lowest BCUT2D eigenvalue weighted by Gasteiger charge is -2.25. The molecule has 0 saturated heterocycles. The maximum absolute atomic E-state index is 12.6. The van der Waals surface area contributed by atoms with Gasteiger partial charge in [0.05, 0.1) is 19.8 Å². The van der Waals surface area contributed by atoms with Crippen LogP contribution in [0.15, 0.2) is 73.1 Å². The Labute approximate surface area is 262 Å². The number of carboxylic acids is 1. The number of methoxy groups -OCH3 is 2. The van der Waals surface area contributed by atoms with Gasteiger partial charge in [0.1, 0.15) is 15.8 Å². The first-order valence-corrected chi connectivity index (χ1v) is 17.7. The van der Waals surface area contributed by atoms with Gasteiger partial charge in [-0.15, -0.1) is 0 Å². The number of nitrogens with one attached hydrogen (secondary N) is 1. The molecule has 43 heavy (non-hydrogen) atoms. The smallest absolute Gasteiger partial charge is 0.335 e. The molecular formula is C32H35Cl2N2O6Si+. The maximum atomic E-state index is 12.6. The molecule has 4 aromatic rings. The first-order valence-electron chi connectivity index (χ1n) is 13.6. The summed E-state index contributed by atoms with van der Waals surface area (Å²) < 4.78 is 18.0. The largest absolute Gasteiger partial charge is 0.544 e. The lowest BCUT2D eigenvalue weighted by molar-refractivity contribution is -0.904. The summed E-state index contributed by atoms with van der Waals surface area (Å²) in [7, 11) is 1.29. The molecule has 3 aromatic carbocycles. The second-order valence-corrected chi connectivity index (χ2v) is 16.2. The van der Waals surface area contributed by atoms with Crippen molar-refractivity contribution in [2.24, 2.45) is 0 Å². The van der Waals surface area contributed by atoms with E-state index in [2.05, 4.69) is 25.0 Å². The van der Waals surface area contributed by atoms with Crippen LogP contribution < -0.4 is 23.9 Å². The number of hydrogen-bond acceptors (Lipinski definition) is 6. The zero-order chi connectivity index (χ0) is 31.3. The van der Waals surface area contributed by atoms with Crippen LogP contribution in [0.5, 0.6) is 17.2 Å². The molecular weight excluding hydrogens is 607 g/mol. The third kappa shape index (κ3) is 7.93. The number of nitrogens with zero attached hydrogens (tertiary/aromatic N) is 1. The van der Waals surface area contributed by atoms with Gasteiger partial charge in [-0.1, -0.05) is 47.5 Å². The van der Waals surface area contributed by atoms with Crippen LogP contribution in [0.1, 0.15) is 38.5 Å². The molecule has 0 radical (unpaired) electrons. The Kier molecular flexibility index (Phi) is 10.1. The molecule has 0 spiro atoms. The molecule has 0 amide bonds. The van der Waals surface area contributed by atoms with Gasteiger partial charge in [-0.25, -0.2) is 4.79 Å². The minimum Gasteiger partial charge on any atom is -0.544 e. The third-order valence-electron chi connectivity index (χ3n) is 6.80. The Balaban J connectivity index is 1.84. The summed E-state index contributed by atoms with van der Waals surface area (Å²) in [4.78, 5) is 12.6. The van der Waals surface area contributed by atoms with Crippen LogP contribution in [-0.4, -0.2) is 38.8 Å².